The number of Topliss-reactive ketones (excluding diaryl/α,β-unsaturated/α-hetero) is 1. The smallest absolute Gasteiger partial charge is 0.441 e. The van der Waals surface area contributed by atoms with Gasteiger partial charge < -0.3 is 29.3 Å². The summed E-state index contributed by atoms with van der Waals surface area (Å²) in [6, 6.07) is 3.73. The summed E-state index contributed by atoms with van der Waals surface area (Å²) in [5.41, 5.74) is 1.30. The Hall–Kier alpha value is -3.31. The van der Waals surface area contributed by atoms with E-state index in [1.54, 1.807) is 18.2 Å². The third-order valence-electron chi connectivity index (χ3n) is 9.22. The van der Waals surface area contributed by atoms with Crippen LogP contribution in [0.5, 0.6) is 0 Å². The number of benzene rings is 1. The summed E-state index contributed by atoms with van der Waals surface area (Å²) in [4.78, 5) is 54.8. The van der Waals surface area contributed by atoms with Crippen molar-refractivity contribution in [2.45, 2.75) is 89.8 Å². The van der Waals surface area contributed by atoms with Gasteiger partial charge in [0.2, 0.25) is 5.91 Å². The third-order valence-corrected chi connectivity index (χ3v) is 9.22. The van der Waals surface area contributed by atoms with Gasteiger partial charge in [-0.05, 0) is 61.5 Å². The first-order chi connectivity index (χ1) is 20.2. The minimum Gasteiger partial charge on any atom is -0.469 e. The predicted octanol–water partition coefficient (Wildman–Crippen LogP) is 3.56. The van der Waals surface area contributed by atoms with Crippen molar-refractivity contribution in [1.82, 2.24) is 10.3 Å². The highest BCUT2D eigenvalue weighted by Gasteiger charge is 2.39. The summed E-state index contributed by atoms with van der Waals surface area (Å²) in [5, 5.41) is 6.65. The van der Waals surface area contributed by atoms with E-state index in [0.29, 0.717) is 34.8 Å². The number of rotatable bonds is 13. The molecule has 1 amide bonds. The standard InChI is InChI=1S/C31H43N3O8/c1-5-31(6-2)14-12-19(13-15-31)16-22(29(37)33-26-23(35)17-41-24(26)18-39-3)32-28-21-9-7-8-20(10-11-25(36)40-4)27(21)42-30(38)34-28/h7-9,19,22,24,26H,5-6,10-18H2,1-4H3,(H,33,37)(H,32,34,38). The number of aromatic nitrogens is 1. The molecule has 0 spiro atoms. The number of hydrogen-bond donors (Lipinski definition) is 2. The topological polar surface area (TPSA) is 146 Å². The molecule has 11 nitrogen and oxygen atoms in total. The summed E-state index contributed by atoms with van der Waals surface area (Å²) in [6.45, 7) is 4.58. The first-order valence-electron chi connectivity index (χ1n) is 14.9. The molecule has 2 fully saturated rings. The van der Waals surface area contributed by atoms with E-state index in [-0.39, 0.29) is 49.0 Å². The van der Waals surface area contributed by atoms with Crippen LogP contribution in [0.1, 0.15) is 70.8 Å². The molecule has 3 atom stereocenters. The highest BCUT2D eigenvalue weighted by molar-refractivity contribution is 5.96. The van der Waals surface area contributed by atoms with Gasteiger partial charge in [0, 0.05) is 13.5 Å². The van der Waals surface area contributed by atoms with Gasteiger partial charge in [-0.15, -0.1) is 0 Å². The maximum atomic E-state index is 13.8. The molecule has 2 aliphatic rings. The van der Waals surface area contributed by atoms with Crippen LogP contribution < -0.4 is 16.4 Å². The lowest BCUT2D eigenvalue weighted by molar-refractivity contribution is -0.140. The van der Waals surface area contributed by atoms with E-state index >= 15 is 0 Å². The fraction of sp³-hybridized carbons (Fsp3) is 0.645. The molecule has 1 aromatic heterocycles. The Labute approximate surface area is 246 Å². The van der Waals surface area contributed by atoms with Gasteiger partial charge in [-0.3, -0.25) is 14.4 Å². The zero-order valence-electron chi connectivity index (χ0n) is 25.0. The second kappa shape index (κ2) is 14.2. The minimum absolute atomic E-state index is 0.0872. The number of methoxy groups -OCH3 is 2. The highest BCUT2D eigenvalue weighted by atomic mass is 16.5. The summed E-state index contributed by atoms with van der Waals surface area (Å²) in [7, 11) is 2.84. The lowest BCUT2D eigenvalue weighted by Gasteiger charge is -2.40. The van der Waals surface area contributed by atoms with E-state index < -0.39 is 23.9 Å². The van der Waals surface area contributed by atoms with Crippen molar-refractivity contribution >= 4 is 34.4 Å². The summed E-state index contributed by atoms with van der Waals surface area (Å²) in [6.07, 6.45) is 6.83. The number of carbonyl (C=O) groups excluding carboxylic acids is 3. The summed E-state index contributed by atoms with van der Waals surface area (Å²) < 4.78 is 21.0. The molecule has 42 heavy (non-hydrogen) atoms. The van der Waals surface area contributed by atoms with Gasteiger partial charge in [0.1, 0.15) is 36.2 Å². The van der Waals surface area contributed by atoms with Crippen molar-refractivity contribution in [2.75, 3.05) is 32.8 Å². The first kappa shape index (κ1) is 31.6. The number of amides is 1. The molecule has 2 aromatic rings. The zero-order chi connectivity index (χ0) is 30.3. The largest absolute Gasteiger partial charge is 0.469 e. The van der Waals surface area contributed by atoms with E-state index in [9.17, 15) is 19.2 Å². The highest BCUT2D eigenvalue weighted by Crippen LogP contribution is 2.45. The summed E-state index contributed by atoms with van der Waals surface area (Å²) >= 11 is 0. The number of anilines is 1. The van der Waals surface area contributed by atoms with Crippen molar-refractivity contribution in [3.8, 4) is 0 Å². The number of fused-ring (bicyclic) bond motifs is 1. The van der Waals surface area contributed by atoms with Crippen LogP contribution in [-0.4, -0.2) is 68.3 Å². The zero-order valence-corrected chi connectivity index (χ0v) is 25.0. The van der Waals surface area contributed by atoms with Gasteiger partial charge in [-0.2, -0.15) is 4.98 Å². The summed E-state index contributed by atoms with van der Waals surface area (Å²) in [5.74, 6) is -1.27. The van der Waals surface area contributed by atoms with E-state index in [1.807, 2.05) is 0 Å². The van der Waals surface area contributed by atoms with Crippen molar-refractivity contribution in [1.29, 1.82) is 0 Å². The lowest BCUT2D eigenvalue weighted by atomic mass is 9.66. The van der Waals surface area contributed by atoms with E-state index in [2.05, 4.69) is 29.5 Å². The molecule has 1 aromatic carbocycles. The average Bonchev–Trinajstić information content (AvgIpc) is 3.34. The molecule has 2 heterocycles. The molecule has 1 saturated heterocycles. The SMILES string of the molecule is CCC1(CC)CCC(CC(Nc2nc(=O)oc3c(CCC(=O)OC)cccc23)C(=O)NC2C(=O)COC2COC)CC1. The molecule has 0 bridgehead atoms. The van der Waals surface area contributed by atoms with Crippen molar-refractivity contribution in [2.24, 2.45) is 11.3 Å². The van der Waals surface area contributed by atoms with Crippen LogP contribution in [0.25, 0.3) is 11.0 Å². The van der Waals surface area contributed by atoms with E-state index in [1.165, 1.54) is 14.2 Å². The number of aryl methyl sites for hydroxylation is 1. The molecule has 0 radical (unpaired) electrons. The number of nitrogens with zero attached hydrogens (tertiary/aromatic N) is 1. The van der Waals surface area contributed by atoms with Crippen LogP contribution in [0.15, 0.2) is 27.4 Å². The van der Waals surface area contributed by atoms with Gasteiger partial charge in [0.15, 0.2) is 5.78 Å². The Morgan fingerprint density at radius 3 is 2.55 bits per heavy atom. The molecule has 1 aliphatic heterocycles. The quantitative estimate of drug-likeness (QED) is 0.335. The molecular weight excluding hydrogens is 542 g/mol. The third kappa shape index (κ3) is 7.36. The van der Waals surface area contributed by atoms with Crippen LogP contribution >= 0.6 is 0 Å². The normalized spacial score (nSPS) is 21.3. The van der Waals surface area contributed by atoms with Crippen LogP contribution in [0, 0.1) is 11.3 Å². The molecule has 2 N–H and O–H groups in total. The molecule has 1 aliphatic carbocycles. The number of carbonyl (C=O) groups is 3. The Kier molecular flexibility index (Phi) is 10.7. The molecule has 3 unspecified atom stereocenters. The predicted molar refractivity (Wildman–Crippen MR) is 156 cm³/mol. The Morgan fingerprint density at radius 1 is 1.14 bits per heavy atom. The first-order valence-corrected chi connectivity index (χ1v) is 14.9. The fourth-order valence-electron chi connectivity index (χ4n) is 6.33. The lowest BCUT2D eigenvalue weighted by Crippen LogP contribution is -2.52. The second-order valence-electron chi connectivity index (χ2n) is 11.5. The van der Waals surface area contributed by atoms with Gasteiger partial charge in [-0.25, -0.2) is 4.79 Å². The monoisotopic (exact) mass is 585 g/mol. The van der Waals surface area contributed by atoms with Crippen molar-refractivity contribution in [3.05, 3.63) is 34.3 Å². The molecule has 230 valence electrons. The Bertz CT molecular complexity index is 1310. The second-order valence-corrected chi connectivity index (χ2v) is 11.5. The average molecular weight is 586 g/mol. The van der Waals surface area contributed by atoms with Crippen LogP contribution in [0.4, 0.5) is 5.82 Å². The number of esters is 1. The van der Waals surface area contributed by atoms with Crippen LogP contribution in [0.2, 0.25) is 0 Å². The number of ketones is 1. The van der Waals surface area contributed by atoms with Crippen LogP contribution in [-0.2, 0) is 35.0 Å². The number of ether oxygens (including phenoxy) is 3. The number of para-hydroxylation sites is 1. The van der Waals surface area contributed by atoms with E-state index in [0.717, 1.165) is 38.5 Å². The Morgan fingerprint density at radius 2 is 1.88 bits per heavy atom. The molecule has 4 rings (SSSR count). The van der Waals surface area contributed by atoms with Gasteiger partial charge >= 0.3 is 11.7 Å². The molecule has 1 saturated carbocycles. The molecule has 11 heteroatoms. The maximum absolute atomic E-state index is 13.8. The van der Waals surface area contributed by atoms with Crippen molar-refractivity contribution in [3.63, 3.8) is 0 Å². The van der Waals surface area contributed by atoms with Crippen molar-refractivity contribution < 1.29 is 33.0 Å². The number of hydrogen-bond acceptors (Lipinski definition) is 10. The maximum Gasteiger partial charge on any atom is 0.441 e. The number of nitrogens with one attached hydrogen (secondary N) is 2. The van der Waals surface area contributed by atoms with Gasteiger partial charge in [0.25, 0.3) is 0 Å². The van der Waals surface area contributed by atoms with Crippen LogP contribution in [0.3, 0.4) is 0 Å². The van der Waals surface area contributed by atoms with E-state index in [4.69, 9.17) is 18.6 Å². The fourth-order valence-corrected chi connectivity index (χ4v) is 6.33. The Balaban J connectivity index is 1.62. The molecular formula is C31H43N3O8. The van der Waals surface area contributed by atoms with Gasteiger partial charge in [-0.1, -0.05) is 38.8 Å². The van der Waals surface area contributed by atoms with Gasteiger partial charge in [0.05, 0.1) is 19.1 Å². The minimum atomic E-state index is -0.823.